The molecule has 0 atom stereocenters. The van der Waals surface area contributed by atoms with Crippen molar-refractivity contribution in [2.24, 2.45) is 5.92 Å². The Labute approximate surface area is 125 Å². The number of hydrogen-bond donors (Lipinski definition) is 2. The molecule has 0 aliphatic heterocycles. The highest BCUT2D eigenvalue weighted by molar-refractivity contribution is 7.89. The lowest BCUT2D eigenvalue weighted by atomic mass is 10.0. The molecule has 1 aromatic carbocycles. The van der Waals surface area contributed by atoms with E-state index in [0.29, 0.717) is 5.56 Å². The fraction of sp³-hybridized carbons (Fsp3) is 0.429. The summed E-state index contributed by atoms with van der Waals surface area (Å²) in [5.41, 5.74) is 0.488. The number of carbonyl (C=O) groups excluding carboxylic acids is 2. The number of nitrogens with one attached hydrogen (secondary N) is 2. The highest BCUT2D eigenvalue weighted by Crippen LogP contribution is 2.13. The van der Waals surface area contributed by atoms with Crippen LogP contribution >= 0.6 is 0 Å². The Morgan fingerprint density at radius 1 is 1.10 bits per heavy atom. The highest BCUT2D eigenvalue weighted by atomic mass is 32.2. The van der Waals surface area contributed by atoms with Crippen molar-refractivity contribution in [3.8, 4) is 0 Å². The molecule has 0 aromatic heterocycles. The quantitative estimate of drug-likeness (QED) is 0.579. The zero-order valence-corrected chi connectivity index (χ0v) is 13.2. The molecule has 1 amide bonds. The molecule has 0 spiro atoms. The smallest absolute Gasteiger partial charge is 0.240 e. The minimum absolute atomic E-state index is 0.0300. The largest absolute Gasteiger partial charge is 0.355 e. The van der Waals surface area contributed by atoms with E-state index in [2.05, 4.69) is 10.0 Å². The van der Waals surface area contributed by atoms with Crippen LogP contribution in [0.1, 0.15) is 31.1 Å². The summed E-state index contributed by atoms with van der Waals surface area (Å²) < 4.78 is 26.3. The third kappa shape index (κ3) is 5.28. The summed E-state index contributed by atoms with van der Waals surface area (Å²) in [6, 6.07) is 5.81. The Balaban J connectivity index is 2.71. The van der Waals surface area contributed by atoms with Gasteiger partial charge in [0.25, 0.3) is 0 Å². The first-order chi connectivity index (χ1) is 9.74. The summed E-state index contributed by atoms with van der Waals surface area (Å²) in [5, 5.41) is 2.50. The van der Waals surface area contributed by atoms with E-state index in [1.807, 2.05) is 0 Å². The molecular weight excluding hydrogens is 292 g/mol. The van der Waals surface area contributed by atoms with Crippen LogP contribution in [0.25, 0.3) is 0 Å². The molecular formula is C14H20N2O4S. The lowest BCUT2D eigenvalue weighted by Gasteiger charge is -2.08. The van der Waals surface area contributed by atoms with Gasteiger partial charge in [-0.1, -0.05) is 26.0 Å². The molecule has 0 aliphatic carbocycles. The van der Waals surface area contributed by atoms with Gasteiger partial charge in [0.05, 0.1) is 4.90 Å². The second-order valence-corrected chi connectivity index (χ2v) is 6.69. The third-order valence-corrected chi connectivity index (χ3v) is 4.24. The molecule has 0 aliphatic rings. The van der Waals surface area contributed by atoms with Crippen LogP contribution in [0.5, 0.6) is 0 Å². The predicted molar refractivity (Wildman–Crippen MR) is 79.5 cm³/mol. The highest BCUT2D eigenvalue weighted by Gasteiger charge is 2.15. The van der Waals surface area contributed by atoms with E-state index in [9.17, 15) is 18.0 Å². The molecule has 0 saturated heterocycles. The maximum Gasteiger partial charge on any atom is 0.240 e. The summed E-state index contributed by atoms with van der Waals surface area (Å²) in [5.74, 6) is -0.383. The van der Waals surface area contributed by atoms with Gasteiger partial charge in [0, 0.05) is 31.5 Å². The van der Waals surface area contributed by atoms with E-state index in [1.165, 1.54) is 31.2 Å². The number of hydrogen-bond acceptors (Lipinski definition) is 4. The second-order valence-electron chi connectivity index (χ2n) is 4.92. The van der Waals surface area contributed by atoms with Crippen LogP contribution in [-0.2, 0) is 14.8 Å². The molecule has 21 heavy (non-hydrogen) atoms. The van der Waals surface area contributed by atoms with Crippen molar-refractivity contribution < 1.29 is 18.0 Å². The topological polar surface area (TPSA) is 92.3 Å². The van der Waals surface area contributed by atoms with E-state index in [1.54, 1.807) is 13.8 Å². The van der Waals surface area contributed by atoms with Crippen molar-refractivity contribution in [3.05, 3.63) is 29.8 Å². The van der Waals surface area contributed by atoms with Gasteiger partial charge < -0.3 is 5.32 Å². The monoisotopic (exact) mass is 312 g/mol. The molecule has 0 radical (unpaired) electrons. The first-order valence-electron chi connectivity index (χ1n) is 6.62. The summed E-state index contributed by atoms with van der Waals surface area (Å²) in [6.07, 6.45) is 0. The van der Waals surface area contributed by atoms with Crippen LogP contribution in [0.3, 0.4) is 0 Å². The van der Waals surface area contributed by atoms with E-state index >= 15 is 0 Å². The molecule has 116 valence electrons. The summed E-state index contributed by atoms with van der Waals surface area (Å²) in [4.78, 5) is 22.5. The van der Waals surface area contributed by atoms with Crippen LogP contribution in [0, 0.1) is 5.92 Å². The Morgan fingerprint density at radius 2 is 1.67 bits per heavy atom. The normalized spacial score (nSPS) is 11.4. The Morgan fingerprint density at radius 3 is 2.14 bits per heavy atom. The fourth-order valence-electron chi connectivity index (χ4n) is 1.64. The van der Waals surface area contributed by atoms with Gasteiger partial charge in [-0.05, 0) is 12.1 Å². The zero-order valence-electron chi connectivity index (χ0n) is 12.3. The molecule has 0 fully saturated rings. The molecule has 0 saturated carbocycles. The molecule has 1 aromatic rings. The maximum atomic E-state index is 12.0. The fourth-order valence-corrected chi connectivity index (χ4v) is 2.67. The van der Waals surface area contributed by atoms with Crippen molar-refractivity contribution in [2.75, 3.05) is 13.1 Å². The lowest BCUT2D eigenvalue weighted by molar-refractivity contribution is -0.118. The number of Topliss-reactive ketones (excluding diaryl/α,β-unsaturated/α-hetero) is 1. The van der Waals surface area contributed by atoms with Crippen LogP contribution in [0.15, 0.2) is 29.2 Å². The second kappa shape index (κ2) is 7.33. The van der Waals surface area contributed by atoms with Gasteiger partial charge in [0.15, 0.2) is 5.78 Å². The molecule has 7 heteroatoms. The number of rotatable bonds is 7. The van der Waals surface area contributed by atoms with Crippen LogP contribution in [0.2, 0.25) is 0 Å². The van der Waals surface area contributed by atoms with Gasteiger partial charge in [0.2, 0.25) is 15.9 Å². The van der Waals surface area contributed by atoms with Crippen molar-refractivity contribution in [1.82, 2.24) is 10.0 Å². The van der Waals surface area contributed by atoms with Gasteiger partial charge in [0.1, 0.15) is 0 Å². The van der Waals surface area contributed by atoms with Gasteiger partial charge in [-0.15, -0.1) is 0 Å². The van der Waals surface area contributed by atoms with Gasteiger partial charge in [-0.25, -0.2) is 13.1 Å². The van der Waals surface area contributed by atoms with Crippen molar-refractivity contribution in [1.29, 1.82) is 0 Å². The minimum Gasteiger partial charge on any atom is -0.355 e. The maximum absolute atomic E-state index is 12.0. The summed E-state index contributed by atoms with van der Waals surface area (Å²) in [6.45, 7) is 5.26. The minimum atomic E-state index is -3.63. The number of amides is 1. The van der Waals surface area contributed by atoms with Crippen molar-refractivity contribution in [3.63, 3.8) is 0 Å². The Kier molecular flexibility index (Phi) is 6.04. The first-order valence-corrected chi connectivity index (χ1v) is 8.10. The average molecular weight is 312 g/mol. The first kappa shape index (κ1) is 17.3. The predicted octanol–water partition coefficient (Wildman–Crippen LogP) is 0.940. The number of ketones is 1. The van der Waals surface area contributed by atoms with Gasteiger partial charge in [-0.2, -0.15) is 0 Å². The lowest BCUT2D eigenvalue weighted by Crippen LogP contribution is -2.33. The molecule has 6 nitrogen and oxygen atoms in total. The van der Waals surface area contributed by atoms with Crippen molar-refractivity contribution >= 4 is 21.7 Å². The molecule has 2 N–H and O–H groups in total. The summed E-state index contributed by atoms with van der Waals surface area (Å²) in [7, 11) is -3.63. The van der Waals surface area contributed by atoms with Crippen molar-refractivity contribution in [2.45, 2.75) is 25.7 Å². The number of carbonyl (C=O) groups is 2. The van der Waals surface area contributed by atoms with Gasteiger partial charge in [-0.3, -0.25) is 9.59 Å². The van der Waals surface area contributed by atoms with E-state index < -0.39 is 10.0 Å². The number of benzene rings is 1. The Hall–Kier alpha value is -1.73. The van der Waals surface area contributed by atoms with Crippen LogP contribution < -0.4 is 10.0 Å². The van der Waals surface area contributed by atoms with Crippen LogP contribution in [-0.4, -0.2) is 33.2 Å². The van der Waals surface area contributed by atoms with E-state index in [4.69, 9.17) is 0 Å². The molecule has 1 rings (SSSR count). The van der Waals surface area contributed by atoms with E-state index in [0.717, 1.165) is 0 Å². The van der Waals surface area contributed by atoms with Gasteiger partial charge >= 0.3 is 0 Å². The molecule has 0 unspecified atom stereocenters. The Bertz CT molecular complexity index is 606. The molecule has 0 bridgehead atoms. The standard InChI is InChI=1S/C14H20N2O4S/c1-10(2)14(18)12-4-6-13(7-5-12)21(19,20)16-9-8-15-11(3)17/h4-7,10,16H,8-9H2,1-3H3,(H,15,17). The SMILES string of the molecule is CC(=O)NCCNS(=O)(=O)c1ccc(C(=O)C(C)C)cc1. The summed E-state index contributed by atoms with van der Waals surface area (Å²) >= 11 is 0. The average Bonchev–Trinajstić information content (AvgIpc) is 2.42. The number of sulfonamides is 1. The molecule has 0 heterocycles. The zero-order chi connectivity index (χ0) is 16.0. The third-order valence-electron chi connectivity index (χ3n) is 2.76. The van der Waals surface area contributed by atoms with E-state index in [-0.39, 0.29) is 35.6 Å². The van der Waals surface area contributed by atoms with Crippen LogP contribution in [0.4, 0.5) is 0 Å².